The van der Waals surface area contributed by atoms with Crippen LogP contribution in [0.3, 0.4) is 0 Å². The van der Waals surface area contributed by atoms with Gasteiger partial charge in [-0.3, -0.25) is 28.9 Å². The average molecular weight is 700 g/mol. The number of esters is 2. The highest BCUT2D eigenvalue weighted by atomic mass is 79.9. The van der Waals surface area contributed by atoms with Gasteiger partial charge in [0.2, 0.25) is 5.91 Å². The van der Waals surface area contributed by atoms with Gasteiger partial charge in [0.15, 0.2) is 0 Å². The molecule has 1 unspecified atom stereocenters. The van der Waals surface area contributed by atoms with Crippen molar-refractivity contribution in [3.8, 4) is 0 Å². The number of carbonyl (C=O) groups excluding carboxylic acids is 4. The van der Waals surface area contributed by atoms with Gasteiger partial charge in [0.25, 0.3) is 5.91 Å². The summed E-state index contributed by atoms with van der Waals surface area (Å²) >= 11 is 3.26. The molecule has 45 heavy (non-hydrogen) atoms. The minimum atomic E-state index is -0.576. The summed E-state index contributed by atoms with van der Waals surface area (Å²) < 4.78 is 35.3. The maximum absolute atomic E-state index is 12.9. The second kappa shape index (κ2) is 17.3. The van der Waals surface area contributed by atoms with Gasteiger partial charge in [0.1, 0.15) is 22.8 Å². The lowest BCUT2D eigenvalue weighted by Gasteiger charge is -2.20. The quantitative estimate of drug-likeness (QED) is 0.295. The Morgan fingerprint density at radius 1 is 0.822 bits per heavy atom. The van der Waals surface area contributed by atoms with Gasteiger partial charge in [-0.2, -0.15) is 0 Å². The van der Waals surface area contributed by atoms with Crippen molar-refractivity contribution in [1.82, 2.24) is 10.5 Å². The standard InChI is InChI=1S/C16H20FNO4.C9H15NO4.C7H6BrF/c1-16(2,3)22-14(19)8-12-10-21-18(15(12)20)9-11-4-6-13(17)7-5-11;1-9(2,3)14-7(11)4-6-5-13-10-8(6)12;8-5-6-1-3-7(9)4-2-6/h4-7,12H,8-10H2,1-3H3;6H,4-5H2,1-3H3,(H,10,12);1-4H,5H2/t12-;;/m1../s1. The summed E-state index contributed by atoms with van der Waals surface area (Å²) in [6, 6.07) is 12.3. The molecule has 2 aromatic carbocycles. The summed E-state index contributed by atoms with van der Waals surface area (Å²) in [6.45, 7) is 11.3. The molecule has 4 rings (SSSR count). The highest BCUT2D eigenvalue weighted by molar-refractivity contribution is 9.08. The molecule has 0 aliphatic carbocycles. The number of hydrogen-bond donors (Lipinski definition) is 1. The molecule has 2 fully saturated rings. The van der Waals surface area contributed by atoms with Gasteiger partial charge in [0.05, 0.1) is 44.4 Å². The number of nitrogens with one attached hydrogen (secondary N) is 1. The molecule has 1 N–H and O–H groups in total. The van der Waals surface area contributed by atoms with Gasteiger partial charge >= 0.3 is 11.9 Å². The number of alkyl halides is 1. The molecule has 2 aliphatic rings. The van der Waals surface area contributed by atoms with Crippen molar-refractivity contribution in [2.24, 2.45) is 11.8 Å². The minimum Gasteiger partial charge on any atom is -0.460 e. The molecule has 2 saturated heterocycles. The number of rotatable bonds is 7. The van der Waals surface area contributed by atoms with E-state index in [1.807, 2.05) is 0 Å². The topological polar surface area (TPSA) is 120 Å². The molecule has 0 radical (unpaired) electrons. The van der Waals surface area contributed by atoms with Crippen LogP contribution in [0.4, 0.5) is 8.78 Å². The number of amides is 2. The van der Waals surface area contributed by atoms with E-state index in [-0.39, 0.29) is 62.0 Å². The lowest BCUT2D eigenvalue weighted by molar-refractivity contribution is -0.165. The van der Waals surface area contributed by atoms with Crippen LogP contribution in [-0.4, -0.2) is 53.2 Å². The number of carbonyl (C=O) groups is 4. The third-order valence-electron chi connectivity index (χ3n) is 5.83. The van der Waals surface area contributed by atoms with Gasteiger partial charge in [-0.05, 0) is 76.9 Å². The van der Waals surface area contributed by atoms with Crippen LogP contribution in [0.2, 0.25) is 0 Å². The summed E-state index contributed by atoms with van der Waals surface area (Å²) in [6.07, 6.45) is 0.0686. The average Bonchev–Trinajstić information content (AvgIpc) is 3.48. The van der Waals surface area contributed by atoms with Crippen LogP contribution in [0, 0.1) is 23.5 Å². The minimum absolute atomic E-state index is 0.00395. The highest BCUT2D eigenvalue weighted by Crippen LogP contribution is 2.22. The number of nitrogens with zero attached hydrogens (tertiary/aromatic N) is 1. The second-order valence-electron chi connectivity index (χ2n) is 12.3. The Morgan fingerprint density at radius 2 is 1.29 bits per heavy atom. The Kier molecular flexibility index (Phi) is 14.5. The molecule has 2 heterocycles. The van der Waals surface area contributed by atoms with Crippen molar-refractivity contribution in [3.63, 3.8) is 0 Å². The predicted molar refractivity (Wildman–Crippen MR) is 164 cm³/mol. The van der Waals surface area contributed by atoms with Crippen molar-refractivity contribution in [2.45, 2.75) is 77.5 Å². The molecule has 0 bridgehead atoms. The van der Waals surface area contributed by atoms with E-state index < -0.39 is 29.0 Å². The van der Waals surface area contributed by atoms with Gasteiger partial charge in [-0.15, -0.1) is 0 Å². The molecule has 0 saturated carbocycles. The molecule has 2 atom stereocenters. The van der Waals surface area contributed by atoms with E-state index in [9.17, 15) is 28.0 Å². The zero-order chi connectivity index (χ0) is 33.8. The van der Waals surface area contributed by atoms with Crippen LogP contribution < -0.4 is 5.48 Å². The maximum atomic E-state index is 12.9. The predicted octanol–water partition coefficient (Wildman–Crippen LogP) is 5.56. The number of hydroxylamine groups is 3. The van der Waals surface area contributed by atoms with Crippen LogP contribution in [-0.2, 0) is 50.2 Å². The fourth-order valence-electron chi connectivity index (χ4n) is 3.81. The molecule has 0 aromatic heterocycles. The Bertz CT molecular complexity index is 1280. The van der Waals surface area contributed by atoms with Gasteiger partial charge < -0.3 is 9.47 Å². The van der Waals surface area contributed by atoms with E-state index in [1.165, 1.54) is 29.3 Å². The van der Waals surface area contributed by atoms with E-state index in [2.05, 4.69) is 21.4 Å². The fraction of sp³-hybridized carbons (Fsp3) is 0.500. The zero-order valence-corrected chi connectivity index (χ0v) is 27.9. The largest absolute Gasteiger partial charge is 0.460 e. The van der Waals surface area contributed by atoms with Crippen LogP contribution in [0.5, 0.6) is 0 Å². The number of hydrogen-bond acceptors (Lipinski definition) is 8. The molecule has 0 spiro atoms. The van der Waals surface area contributed by atoms with Crippen LogP contribution in [0.25, 0.3) is 0 Å². The first-order chi connectivity index (χ1) is 21.0. The molecule has 2 aromatic rings. The van der Waals surface area contributed by atoms with Crippen molar-refractivity contribution >= 4 is 39.7 Å². The van der Waals surface area contributed by atoms with Crippen molar-refractivity contribution in [3.05, 3.63) is 71.3 Å². The van der Waals surface area contributed by atoms with Gasteiger partial charge in [-0.1, -0.05) is 40.2 Å². The summed E-state index contributed by atoms with van der Waals surface area (Å²) in [7, 11) is 0. The third kappa shape index (κ3) is 14.9. The van der Waals surface area contributed by atoms with Crippen LogP contribution in [0.1, 0.15) is 65.5 Å². The molecule has 2 amide bonds. The zero-order valence-electron chi connectivity index (χ0n) is 26.4. The molecule has 248 valence electrons. The van der Waals surface area contributed by atoms with Crippen molar-refractivity contribution in [1.29, 1.82) is 0 Å². The van der Waals surface area contributed by atoms with Gasteiger partial charge in [-0.25, -0.2) is 19.3 Å². The first-order valence-corrected chi connectivity index (χ1v) is 15.4. The van der Waals surface area contributed by atoms with E-state index in [1.54, 1.807) is 65.8 Å². The third-order valence-corrected chi connectivity index (χ3v) is 6.48. The normalized spacial score (nSPS) is 17.8. The van der Waals surface area contributed by atoms with Crippen LogP contribution in [0.15, 0.2) is 48.5 Å². The Morgan fingerprint density at radius 3 is 1.71 bits per heavy atom. The maximum Gasteiger partial charge on any atom is 0.307 e. The van der Waals surface area contributed by atoms with E-state index in [0.29, 0.717) is 0 Å². The lowest BCUT2D eigenvalue weighted by Crippen LogP contribution is -2.29. The first-order valence-electron chi connectivity index (χ1n) is 14.3. The van der Waals surface area contributed by atoms with Crippen molar-refractivity contribution < 1.29 is 47.1 Å². The van der Waals surface area contributed by atoms with Gasteiger partial charge in [0, 0.05) is 5.33 Å². The van der Waals surface area contributed by atoms with E-state index >= 15 is 0 Å². The lowest BCUT2D eigenvalue weighted by atomic mass is 10.1. The molecule has 2 aliphatic heterocycles. The highest BCUT2D eigenvalue weighted by Gasteiger charge is 2.36. The van der Waals surface area contributed by atoms with Crippen molar-refractivity contribution in [2.75, 3.05) is 13.2 Å². The summed E-state index contributed by atoms with van der Waals surface area (Å²) in [4.78, 5) is 56.3. The Balaban J connectivity index is 0.000000261. The summed E-state index contributed by atoms with van der Waals surface area (Å²) in [5, 5.41) is 2.00. The molecule has 13 heteroatoms. The first kappa shape index (κ1) is 37.8. The molecular weight excluding hydrogens is 658 g/mol. The number of ether oxygens (including phenoxy) is 2. The summed E-state index contributed by atoms with van der Waals surface area (Å²) in [5.74, 6) is -2.76. The monoisotopic (exact) mass is 698 g/mol. The Labute approximate surface area is 270 Å². The number of benzene rings is 2. The smallest absolute Gasteiger partial charge is 0.307 e. The Hall–Kier alpha value is -3.42. The SMILES string of the molecule is CC(C)(C)OC(=O)CC1CONC1=O.CC(C)(C)OC(=O)C[C@@H]1CON(Cc2ccc(F)cc2)C1=O.Fc1ccc(CBr)cc1. The van der Waals surface area contributed by atoms with E-state index in [0.717, 1.165) is 16.5 Å². The van der Waals surface area contributed by atoms with Crippen LogP contribution >= 0.6 is 15.9 Å². The fourth-order valence-corrected chi connectivity index (χ4v) is 4.18. The summed E-state index contributed by atoms with van der Waals surface area (Å²) in [5.41, 5.74) is 2.96. The second-order valence-corrected chi connectivity index (χ2v) is 12.9. The molecule has 10 nitrogen and oxygen atoms in total. The number of halogens is 3. The van der Waals surface area contributed by atoms with E-state index in [4.69, 9.17) is 19.1 Å². The molecular formula is C32H41BrF2N2O8.